The molecule has 0 aliphatic carbocycles. The molecule has 0 unspecified atom stereocenters. The van der Waals surface area contributed by atoms with Gasteiger partial charge >= 0.3 is 7.12 Å². The summed E-state index contributed by atoms with van der Waals surface area (Å²) in [7, 11) is -1.11. The van der Waals surface area contributed by atoms with Crippen LogP contribution in [0.2, 0.25) is 6.32 Å². The van der Waals surface area contributed by atoms with Crippen LogP contribution in [0, 0.1) is 5.92 Å². The fraction of sp³-hybridized carbons (Fsp3) is 1.00. The highest BCUT2D eigenvalue weighted by molar-refractivity contribution is 6.40. The predicted octanol–water partition coefficient (Wildman–Crippen LogP) is 0.895. The first-order valence-electron chi connectivity index (χ1n) is 3.49. The van der Waals surface area contributed by atoms with E-state index in [1.807, 2.05) is 0 Å². The number of rotatable bonds is 4. The predicted molar refractivity (Wildman–Crippen MR) is 39.1 cm³/mol. The van der Waals surface area contributed by atoms with Crippen molar-refractivity contribution in [1.29, 1.82) is 0 Å². The van der Waals surface area contributed by atoms with Crippen molar-refractivity contribution in [2.24, 2.45) is 5.92 Å². The van der Waals surface area contributed by atoms with Crippen LogP contribution >= 0.6 is 0 Å². The molecule has 0 aliphatic heterocycles. The Kier molecular flexibility index (Phi) is 4.82. The van der Waals surface area contributed by atoms with Crippen molar-refractivity contribution in [3.05, 3.63) is 0 Å². The number of hydrogen-bond acceptors (Lipinski definition) is 2. The van der Waals surface area contributed by atoms with Gasteiger partial charge in [0.1, 0.15) is 0 Å². The fourth-order valence-corrected chi connectivity index (χ4v) is 0.709. The van der Waals surface area contributed by atoms with Crippen molar-refractivity contribution < 1.29 is 10.0 Å². The minimum Gasteiger partial charge on any atom is -0.427 e. The van der Waals surface area contributed by atoms with Crippen molar-refractivity contribution >= 4 is 7.12 Å². The van der Waals surface area contributed by atoms with Gasteiger partial charge in [0.2, 0.25) is 0 Å². The Morgan fingerprint density at radius 2 is 1.89 bits per heavy atom. The first-order valence-corrected chi connectivity index (χ1v) is 3.49. The van der Waals surface area contributed by atoms with E-state index in [1.165, 1.54) is 0 Å². The molecule has 54 valence electrons. The topological polar surface area (TPSA) is 40.5 Å². The summed E-state index contributed by atoms with van der Waals surface area (Å²) in [5.74, 6) is 0.670. The molecule has 0 aromatic heterocycles. The zero-order valence-electron chi connectivity index (χ0n) is 6.17. The van der Waals surface area contributed by atoms with Crippen molar-refractivity contribution in [3.8, 4) is 0 Å². The van der Waals surface area contributed by atoms with Gasteiger partial charge in [-0.1, -0.05) is 26.7 Å². The van der Waals surface area contributed by atoms with Crippen LogP contribution in [0.15, 0.2) is 0 Å². The van der Waals surface area contributed by atoms with Gasteiger partial charge in [0, 0.05) is 0 Å². The number of hydrogen-bond donors (Lipinski definition) is 2. The van der Waals surface area contributed by atoms with E-state index >= 15 is 0 Å². The molecule has 0 aromatic rings. The van der Waals surface area contributed by atoms with Crippen LogP contribution in [0.4, 0.5) is 0 Å². The van der Waals surface area contributed by atoms with Gasteiger partial charge in [0.05, 0.1) is 0 Å². The van der Waals surface area contributed by atoms with Crippen LogP contribution in [0.1, 0.15) is 26.7 Å². The van der Waals surface area contributed by atoms with E-state index in [0.717, 1.165) is 12.8 Å². The van der Waals surface area contributed by atoms with E-state index in [1.54, 1.807) is 0 Å². The standard InChI is InChI=1S/C6H15BO2/c1-6(2)4-3-5-7(8)9/h6,8-9H,3-5H2,1-2H3. The summed E-state index contributed by atoms with van der Waals surface area (Å²) in [6, 6.07) is 0. The lowest BCUT2D eigenvalue weighted by molar-refractivity contribution is 0.399. The maximum Gasteiger partial charge on any atom is 0.451 e. The van der Waals surface area contributed by atoms with Gasteiger partial charge in [-0.2, -0.15) is 0 Å². The normalized spacial score (nSPS) is 10.3. The Labute approximate surface area is 57.0 Å². The van der Waals surface area contributed by atoms with E-state index in [9.17, 15) is 0 Å². The summed E-state index contributed by atoms with van der Waals surface area (Å²) < 4.78 is 0. The van der Waals surface area contributed by atoms with Crippen LogP contribution < -0.4 is 0 Å². The molecule has 0 aromatic carbocycles. The molecule has 0 saturated heterocycles. The van der Waals surface area contributed by atoms with Gasteiger partial charge < -0.3 is 10.0 Å². The smallest absolute Gasteiger partial charge is 0.427 e. The largest absolute Gasteiger partial charge is 0.451 e. The Morgan fingerprint density at radius 3 is 2.22 bits per heavy atom. The van der Waals surface area contributed by atoms with Crippen molar-refractivity contribution in [1.82, 2.24) is 0 Å². The third-order valence-electron chi connectivity index (χ3n) is 1.24. The van der Waals surface area contributed by atoms with Crippen LogP contribution in [0.25, 0.3) is 0 Å². The Hall–Kier alpha value is -0.0151. The summed E-state index contributed by atoms with van der Waals surface area (Å²) >= 11 is 0. The molecule has 0 amide bonds. The minimum absolute atomic E-state index is 0.512. The van der Waals surface area contributed by atoms with E-state index in [0.29, 0.717) is 12.2 Å². The third kappa shape index (κ3) is 7.98. The van der Waals surface area contributed by atoms with Gasteiger partial charge in [-0.3, -0.25) is 0 Å². The van der Waals surface area contributed by atoms with E-state index in [2.05, 4.69) is 13.8 Å². The molecule has 0 atom stereocenters. The first kappa shape index (κ1) is 8.98. The maximum absolute atomic E-state index is 8.42. The highest BCUT2D eigenvalue weighted by Gasteiger charge is 2.05. The molecule has 0 spiro atoms. The van der Waals surface area contributed by atoms with Crippen LogP contribution in [-0.2, 0) is 0 Å². The molecule has 2 nitrogen and oxygen atoms in total. The third-order valence-corrected chi connectivity index (χ3v) is 1.24. The average molecular weight is 130 g/mol. The second-order valence-corrected chi connectivity index (χ2v) is 2.81. The van der Waals surface area contributed by atoms with Crippen LogP contribution in [-0.4, -0.2) is 17.2 Å². The van der Waals surface area contributed by atoms with Gasteiger partial charge in [-0.25, -0.2) is 0 Å². The van der Waals surface area contributed by atoms with Gasteiger partial charge in [0.25, 0.3) is 0 Å². The molecule has 0 heterocycles. The Balaban J connectivity index is 2.91. The minimum atomic E-state index is -1.11. The molecule has 0 bridgehead atoms. The van der Waals surface area contributed by atoms with Crippen LogP contribution in [0.3, 0.4) is 0 Å². The molecular formula is C6H15BO2. The second-order valence-electron chi connectivity index (χ2n) is 2.81. The second kappa shape index (κ2) is 4.83. The first-order chi connectivity index (χ1) is 4.13. The summed E-state index contributed by atoms with van der Waals surface area (Å²) in [5, 5.41) is 16.8. The monoisotopic (exact) mass is 130 g/mol. The Morgan fingerprint density at radius 1 is 1.33 bits per heavy atom. The lowest BCUT2D eigenvalue weighted by Gasteiger charge is -2.01. The molecule has 0 radical (unpaired) electrons. The molecule has 0 aliphatic rings. The van der Waals surface area contributed by atoms with Crippen LogP contribution in [0.5, 0.6) is 0 Å². The van der Waals surface area contributed by atoms with E-state index < -0.39 is 7.12 Å². The molecule has 3 heteroatoms. The van der Waals surface area contributed by atoms with Crippen molar-refractivity contribution in [3.63, 3.8) is 0 Å². The SMILES string of the molecule is CC(C)CCCB(O)O. The quantitative estimate of drug-likeness (QED) is 0.555. The van der Waals surface area contributed by atoms with Gasteiger partial charge in [0.15, 0.2) is 0 Å². The summed E-state index contributed by atoms with van der Waals surface area (Å²) in [5.41, 5.74) is 0. The molecule has 0 saturated carbocycles. The molecule has 2 N–H and O–H groups in total. The van der Waals surface area contributed by atoms with E-state index in [4.69, 9.17) is 10.0 Å². The van der Waals surface area contributed by atoms with Crippen molar-refractivity contribution in [2.45, 2.75) is 33.0 Å². The highest BCUT2D eigenvalue weighted by Crippen LogP contribution is 2.06. The average Bonchev–Trinajstić information content (AvgIpc) is 1.63. The van der Waals surface area contributed by atoms with Gasteiger partial charge in [-0.15, -0.1) is 0 Å². The van der Waals surface area contributed by atoms with Crippen molar-refractivity contribution in [2.75, 3.05) is 0 Å². The maximum atomic E-state index is 8.42. The summed E-state index contributed by atoms with van der Waals surface area (Å²) in [4.78, 5) is 0. The van der Waals surface area contributed by atoms with Gasteiger partial charge in [-0.05, 0) is 12.2 Å². The molecule has 0 rings (SSSR count). The Bertz CT molecular complexity index is 56.1. The zero-order chi connectivity index (χ0) is 7.28. The molecule has 0 fully saturated rings. The summed E-state index contributed by atoms with van der Waals surface area (Å²) in [6.07, 6.45) is 2.51. The van der Waals surface area contributed by atoms with E-state index in [-0.39, 0.29) is 0 Å². The molecule has 9 heavy (non-hydrogen) atoms. The zero-order valence-corrected chi connectivity index (χ0v) is 6.17. The molecular weight excluding hydrogens is 115 g/mol. The lowest BCUT2D eigenvalue weighted by atomic mass is 9.83. The summed E-state index contributed by atoms with van der Waals surface area (Å²) in [6.45, 7) is 4.26. The fourth-order valence-electron chi connectivity index (χ4n) is 0.709. The highest BCUT2D eigenvalue weighted by atomic mass is 16.4. The lowest BCUT2D eigenvalue weighted by Crippen LogP contribution is -2.09.